The van der Waals surface area contributed by atoms with Gasteiger partial charge >= 0.3 is 5.97 Å². The van der Waals surface area contributed by atoms with Crippen molar-refractivity contribution in [1.82, 2.24) is 14.7 Å². The Labute approximate surface area is 112 Å². The first-order valence-corrected chi connectivity index (χ1v) is 6.44. The molecule has 2 rings (SSSR count). The van der Waals surface area contributed by atoms with E-state index in [0.29, 0.717) is 11.3 Å². The molecule has 1 unspecified atom stereocenters. The van der Waals surface area contributed by atoms with Gasteiger partial charge in [0.2, 0.25) is 0 Å². The molecular weight excluding hydrogens is 246 g/mol. The highest BCUT2D eigenvalue weighted by Crippen LogP contribution is 2.29. The van der Waals surface area contributed by atoms with Gasteiger partial charge in [-0.25, -0.2) is 0 Å². The highest BCUT2D eigenvalue weighted by molar-refractivity contribution is 5.95. The summed E-state index contributed by atoms with van der Waals surface area (Å²) in [7, 11) is 1.77. The fourth-order valence-electron chi connectivity index (χ4n) is 2.12. The van der Waals surface area contributed by atoms with Crippen LogP contribution in [0.1, 0.15) is 35.8 Å². The summed E-state index contributed by atoms with van der Waals surface area (Å²) in [6.45, 7) is 3.67. The Kier molecular flexibility index (Phi) is 3.59. The monoisotopic (exact) mass is 265 g/mol. The van der Waals surface area contributed by atoms with Gasteiger partial charge < -0.3 is 10.0 Å². The molecule has 1 aromatic heterocycles. The summed E-state index contributed by atoms with van der Waals surface area (Å²) < 4.78 is 1.61. The number of carboxylic acids is 1. The predicted octanol–water partition coefficient (Wildman–Crippen LogP) is 1.05. The van der Waals surface area contributed by atoms with E-state index < -0.39 is 11.9 Å². The van der Waals surface area contributed by atoms with Gasteiger partial charge in [0.1, 0.15) is 0 Å². The lowest BCUT2D eigenvalue weighted by molar-refractivity contribution is -0.141. The van der Waals surface area contributed by atoms with E-state index in [4.69, 9.17) is 5.11 Å². The summed E-state index contributed by atoms with van der Waals surface area (Å²) in [4.78, 5) is 25.1. The van der Waals surface area contributed by atoms with Crippen molar-refractivity contribution in [2.24, 2.45) is 13.0 Å². The van der Waals surface area contributed by atoms with Crippen LogP contribution in [0.5, 0.6) is 0 Å². The molecule has 1 aliphatic rings. The first kappa shape index (κ1) is 13.6. The molecule has 19 heavy (non-hydrogen) atoms. The molecular formula is C13H19N3O3. The van der Waals surface area contributed by atoms with Gasteiger partial charge in [-0.05, 0) is 19.8 Å². The topological polar surface area (TPSA) is 75.4 Å². The quantitative estimate of drug-likeness (QED) is 0.863. The first-order valence-electron chi connectivity index (χ1n) is 6.44. The largest absolute Gasteiger partial charge is 0.481 e. The van der Waals surface area contributed by atoms with Crippen molar-refractivity contribution in [2.75, 3.05) is 6.54 Å². The molecule has 1 aromatic rings. The van der Waals surface area contributed by atoms with Gasteiger partial charge in [-0.3, -0.25) is 14.3 Å². The molecule has 1 aliphatic carbocycles. The van der Waals surface area contributed by atoms with Crippen LogP contribution >= 0.6 is 0 Å². The maximum Gasteiger partial charge on any atom is 0.308 e. The van der Waals surface area contributed by atoms with Crippen molar-refractivity contribution >= 4 is 11.9 Å². The molecule has 1 saturated carbocycles. The molecule has 104 valence electrons. The Morgan fingerprint density at radius 3 is 2.63 bits per heavy atom. The van der Waals surface area contributed by atoms with E-state index >= 15 is 0 Å². The van der Waals surface area contributed by atoms with E-state index in [1.165, 1.54) is 0 Å². The van der Waals surface area contributed by atoms with Crippen molar-refractivity contribution < 1.29 is 14.7 Å². The summed E-state index contributed by atoms with van der Waals surface area (Å²) >= 11 is 0. The van der Waals surface area contributed by atoms with Gasteiger partial charge in [-0.1, -0.05) is 6.92 Å². The molecule has 6 nitrogen and oxygen atoms in total. The summed E-state index contributed by atoms with van der Waals surface area (Å²) in [5.41, 5.74) is 1.24. The Morgan fingerprint density at radius 2 is 2.21 bits per heavy atom. The van der Waals surface area contributed by atoms with Crippen LogP contribution in [0.15, 0.2) is 6.20 Å². The molecule has 0 spiro atoms. The van der Waals surface area contributed by atoms with Gasteiger partial charge in [0.05, 0.1) is 17.2 Å². The van der Waals surface area contributed by atoms with Crippen LogP contribution in [0, 0.1) is 12.8 Å². The van der Waals surface area contributed by atoms with Gasteiger partial charge in [0, 0.05) is 25.8 Å². The highest BCUT2D eigenvalue weighted by atomic mass is 16.4. The van der Waals surface area contributed by atoms with Crippen LogP contribution in [0.2, 0.25) is 0 Å². The van der Waals surface area contributed by atoms with E-state index in [9.17, 15) is 9.59 Å². The number of amides is 1. The third kappa shape index (κ3) is 2.94. The molecule has 0 saturated heterocycles. The van der Waals surface area contributed by atoms with Crippen LogP contribution in [0.4, 0.5) is 0 Å². The molecule has 6 heteroatoms. The van der Waals surface area contributed by atoms with E-state index in [1.807, 2.05) is 0 Å². The van der Waals surface area contributed by atoms with E-state index in [1.54, 1.807) is 36.7 Å². The third-order valence-corrected chi connectivity index (χ3v) is 3.38. The lowest BCUT2D eigenvalue weighted by atomic mass is 10.1. The average Bonchev–Trinajstić information content (AvgIpc) is 3.10. The van der Waals surface area contributed by atoms with Crippen LogP contribution in [0.3, 0.4) is 0 Å². The zero-order valence-electron chi connectivity index (χ0n) is 11.5. The average molecular weight is 265 g/mol. The minimum Gasteiger partial charge on any atom is -0.481 e. The molecule has 1 fully saturated rings. The van der Waals surface area contributed by atoms with Crippen LogP contribution < -0.4 is 0 Å². The predicted molar refractivity (Wildman–Crippen MR) is 68.8 cm³/mol. The van der Waals surface area contributed by atoms with Gasteiger partial charge in [0.25, 0.3) is 5.91 Å². The number of hydrogen-bond donors (Lipinski definition) is 1. The fraction of sp³-hybridized carbons (Fsp3) is 0.615. The van der Waals surface area contributed by atoms with Crippen molar-refractivity contribution in [2.45, 2.75) is 32.7 Å². The molecule has 0 aromatic carbocycles. The Morgan fingerprint density at radius 1 is 1.58 bits per heavy atom. The van der Waals surface area contributed by atoms with Crippen molar-refractivity contribution in [3.8, 4) is 0 Å². The summed E-state index contributed by atoms with van der Waals surface area (Å²) in [5, 5.41) is 13.2. The number of nitrogens with zero attached hydrogens (tertiary/aromatic N) is 3. The molecule has 0 aliphatic heterocycles. The molecule has 1 amide bonds. The summed E-state index contributed by atoms with van der Waals surface area (Å²) in [6, 6.07) is 0.189. The summed E-state index contributed by atoms with van der Waals surface area (Å²) in [6.07, 6.45) is 3.60. The first-order chi connectivity index (χ1) is 8.90. The number of carbonyl (C=O) groups excluding carboxylic acids is 1. The zero-order chi connectivity index (χ0) is 14.2. The number of rotatable bonds is 5. The minimum atomic E-state index is -0.874. The van der Waals surface area contributed by atoms with Gasteiger partial charge in [-0.2, -0.15) is 5.10 Å². The van der Waals surface area contributed by atoms with E-state index in [0.717, 1.165) is 12.8 Å². The molecule has 1 heterocycles. The molecule has 0 radical (unpaired) electrons. The molecule has 0 bridgehead atoms. The number of hydrogen-bond acceptors (Lipinski definition) is 3. The third-order valence-electron chi connectivity index (χ3n) is 3.38. The maximum atomic E-state index is 12.5. The lowest BCUT2D eigenvalue weighted by Gasteiger charge is -2.24. The maximum absolute atomic E-state index is 12.5. The van der Waals surface area contributed by atoms with E-state index in [-0.39, 0.29) is 18.5 Å². The summed E-state index contributed by atoms with van der Waals surface area (Å²) in [5.74, 6) is -1.54. The van der Waals surface area contributed by atoms with Crippen molar-refractivity contribution in [1.29, 1.82) is 0 Å². The van der Waals surface area contributed by atoms with Crippen molar-refractivity contribution in [3.05, 3.63) is 17.5 Å². The SMILES string of the molecule is Cc1nn(C)cc1C(=O)N(CC(C)C(=O)O)C1CC1. The normalized spacial score (nSPS) is 16.2. The van der Waals surface area contributed by atoms with Gasteiger partial charge in [0.15, 0.2) is 0 Å². The second kappa shape index (κ2) is 5.03. The van der Waals surface area contributed by atoms with Crippen LogP contribution in [0.25, 0.3) is 0 Å². The Hall–Kier alpha value is -1.85. The fourth-order valence-corrected chi connectivity index (χ4v) is 2.12. The van der Waals surface area contributed by atoms with Gasteiger partial charge in [-0.15, -0.1) is 0 Å². The number of carbonyl (C=O) groups is 2. The van der Waals surface area contributed by atoms with E-state index in [2.05, 4.69) is 5.10 Å². The highest BCUT2D eigenvalue weighted by Gasteiger charge is 2.35. The number of aromatic nitrogens is 2. The Bertz CT molecular complexity index is 505. The second-order valence-corrected chi connectivity index (χ2v) is 5.23. The van der Waals surface area contributed by atoms with Crippen LogP contribution in [-0.2, 0) is 11.8 Å². The van der Waals surface area contributed by atoms with Crippen molar-refractivity contribution in [3.63, 3.8) is 0 Å². The molecule has 1 N–H and O–H groups in total. The smallest absolute Gasteiger partial charge is 0.308 e. The number of aliphatic carboxylic acids is 1. The Balaban J connectivity index is 2.17. The zero-order valence-corrected chi connectivity index (χ0v) is 11.5. The second-order valence-electron chi connectivity index (χ2n) is 5.23. The standard InChI is InChI=1S/C13H19N3O3/c1-8(13(18)19)6-16(10-4-5-10)12(17)11-7-15(3)14-9(11)2/h7-8,10H,4-6H2,1-3H3,(H,18,19). The minimum absolute atomic E-state index is 0.110. The number of aryl methyl sites for hydroxylation is 2. The molecule has 1 atom stereocenters. The van der Waals surface area contributed by atoms with Crippen LogP contribution in [-0.4, -0.2) is 44.3 Å². The lowest BCUT2D eigenvalue weighted by Crippen LogP contribution is -2.38. The number of carboxylic acid groups (broad SMARTS) is 1.